The lowest BCUT2D eigenvalue weighted by Gasteiger charge is -2.07. The van der Waals surface area contributed by atoms with E-state index in [2.05, 4.69) is 62.9 Å². The van der Waals surface area contributed by atoms with Crippen LogP contribution in [0.1, 0.15) is 19.4 Å². The number of fused-ring (bicyclic) bond motifs is 1. The molecule has 0 saturated heterocycles. The molecule has 0 spiro atoms. The largest absolute Gasteiger partial charge is 0.351 e. The van der Waals surface area contributed by atoms with E-state index in [1.165, 1.54) is 22.7 Å². The van der Waals surface area contributed by atoms with Crippen molar-refractivity contribution in [3.05, 3.63) is 66.4 Å². The SMILES string of the molecule is CCn1c(SCC(=O)NCc2ccccc2)nnc1-c1cn(CC)c2ccccc12. The van der Waals surface area contributed by atoms with Gasteiger partial charge in [0, 0.05) is 42.3 Å². The lowest BCUT2D eigenvalue weighted by Crippen LogP contribution is -2.24. The molecule has 0 radical (unpaired) electrons. The topological polar surface area (TPSA) is 64.7 Å². The number of rotatable bonds is 8. The van der Waals surface area contributed by atoms with Gasteiger partial charge in [-0.3, -0.25) is 4.79 Å². The fourth-order valence-corrected chi connectivity index (χ4v) is 4.38. The first-order chi connectivity index (χ1) is 14.7. The molecule has 0 bridgehead atoms. The maximum Gasteiger partial charge on any atom is 0.230 e. The number of para-hydroxylation sites is 1. The molecule has 30 heavy (non-hydrogen) atoms. The van der Waals surface area contributed by atoms with Crippen molar-refractivity contribution in [2.45, 2.75) is 38.6 Å². The number of aryl methyl sites for hydroxylation is 1. The molecule has 0 aliphatic rings. The van der Waals surface area contributed by atoms with Gasteiger partial charge in [-0.1, -0.05) is 60.3 Å². The molecule has 1 N–H and O–H groups in total. The zero-order chi connectivity index (χ0) is 20.9. The number of hydrogen-bond acceptors (Lipinski definition) is 4. The molecule has 2 aromatic carbocycles. The Kier molecular flexibility index (Phi) is 6.18. The van der Waals surface area contributed by atoms with Gasteiger partial charge in [0.05, 0.1) is 5.75 Å². The van der Waals surface area contributed by atoms with Gasteiger partial charge < -0.3 is 14.5 Å². The molecule has 0 fully saturated rings. The third kappa shape index (κ3) is 4.11. The molecule has 1 amide bonds. The fourth-order valence-electron chi connectivity index (χ4n) is 3.54. The van der Waals surface area contributed by atoms with Crippen LogP contribution in [0.15, 0.2) is 66.0 Å². The van der Waals surface area contributed by atoms with Crippen LogP contribution in [0.2, 0.25) is 0 Å². The van der Waals surface area contributed by atoms with Crippen LogP contribution < -0.4 is 5.32 Å². The molecular formula is C23H25N5OS. The minimum absolute atomic E-state index is 0.0151. The first-order valence-electron chi connectivity index (χ1n) is 10.2. The number of carbonyl (C=O) groups is 1. The predicted molar refractivity (Wildman–Crippen MR) is 121 cm³/mol. The van der Waals surface area contributed by atoms with Crippen molar-refractivity contribution in [3.8, 4) is 11.4 Å². The van der Waals surface area contributed by atoms with Crippen molar-refractivity contribution in [3.63, 3.8) is 0 Å². The van der Waals surface area contributed by atoms with Crippen LogP contribution in [0.4, 0.5) is 0 Å². The van der Waals surface area contributed by atoms with E-state index < -0.39 is 0 Å². The Labute approximate surface area is 180 Å². The quantitative estimate of drug-likeness (QED) is 0.431. The molecule has 7 heteroatoms. The Hall–Kier alpha value is -3.06. The van der Waals surface area contributed by atoms with E-state index in [1.54, 1.807) is 0 Å². The van der Waals surface area contributed by atoms with Gasteiger partial charge in [-0.25, -0.2) is 0 Å². The van der Waals surface area contributed by atoms with Gasteiger partial charge in [0.1, 0.15) is 0 Å². The lowest BCUT2D eigenvalue weighted by atomic mass is 10.1. The summed E-state index contributed by atoms with van der Waals surface area (Å²) in [6.07, 6.45) is 2.14. The van der Waals surface area contributed by atoms with Crippen molar-refractivity contribution in [2.24, 2.45) is 0 Å². The maximum absolute atomic E-state index is 12.3. The normalized spacial score (nSPS) is 11.1. The summed E-state index contributed by atoms with van der Waals surface area (Å²) in [5, 5.41) is 13.7. The molecule has 4 rings (SSSR count). The maximum atomic E-state index is 12.3. The smallest absolute Gasteiger partial charge is 0.230 e. The second-order valence-corrected chi connectivity index (χ2v) is 7.89. The van der Waals surface area contributed by atoms with E-state index in [-0.39, 0.29) is 5.91 Å². The number of aromatic nitrogens is 4. The number of carbonyl (C=O) groups excluding carboxylic acids is 1. The molecule has 2 heterocycles. The third-order valence-electron chi connectivity index (χ3n) is 5.07. The second kappa shape index (κ2) is 9.17. The standard InChI is InChI=1S/C23H25N5OS/c1-3-27-15-19(18-12-8-9-13-20(18)27)22-25-26-23(28(22)4-2)30-16-21(29)24-14-17-10-6-5-7-11-17/h5-13,15H,3-4,14,16H2,1-2H3,(H,24,29). The summed E-state index contributed by atoms with van der Waals surface area (Å²) in [4.78, 5) is 12.3. The minimum atomic E-state index is -0.0151. The van der Waals surface area contributed by atoms with Gasteiger partial charge in [-0.15, -0.1) is 10.2 Å². The summed E-state index contributed by atoms with van der Waals surface area (Å²) in [6, 6.07) is 18.3. The summed E-state index contributed by atoms with van der Waals surface area (Å²) >= 11 is 1.42. The van der Waals surface area contributed by atoms with Crippen molar-refractivity contribution in [1.82, 2.24) is 24.6 Å². The van der Waals surface area contributed by atoms with Gasteiger partial charge in [0.15, 0.2) is 11.0 Å². The van der Waals surface area contributed by atoms with Crippen LogP contribution in [-0.4, -0.2) is 31.0 Å². The van der Waals surface area contributed by atoms with Crippen LogP contribution >= 0.6 is 11.8 Å². The van der Waals surface area contributed by atoms with Crippen molar-refractivity contribution in [1.29, 1.82) is 0 Å². The average molecular weight is 420 g/mol. The van der Waals surface area contributed by atoms with Crippen molar-refractivity contribution in [2.75, 3.05) is 5.75 Å². The first kappa shape index (κ1) is 20.2. The number of nitrogens with zero attached hydrogens (tertiary/aromatic N) is 4. The minimum Gasteiger partial charge on any atom is -0.351 e. The van der Waals surface area contributed by atoms with Crippen LogP contribution in [0.25, 0.3) is 22.3 Å². The Morgan fingerprint density at radius 3 is 2.53 bits per heavy atom. The summed E-state index contributed by atoms with van der Waals surface area (Å²) in [7, 11) is 0. The summed E-state index contributed by atoms with van der Waals surface area (Å²) in [5.41, 5.74) is 3.35. The van der Waals surface area contributed by atoms with E-state index in [0.29, 0.717) is 12.3 Å². The molecular weight excluding hydrogens is 394 g/mol. The summed E-state index contributed by atoms with van der Waals surface area (Å²) < 4.78 is 4.31. The molecule has 4 aromatic rings. The molecule has 2 aromatic heterocycles. The summed E-state index contributed by atoms with van der Waals surface area (Å²) in [6.45, 7) is 6.37. The Balaban J connectivity index is 1.50. The van der Waals surface area contributed by atoms with E-state index in [9.17, 15) is 4.79 Å². The Bertz CT molecular complexity index is 1150. The number of nitrogens with one attached hydrogen (secondary N) is 1. The van der Waals surface area contributed by atoms with Gasteiger partial charge in [-0.2, -0.15) is 0 Å². The molecule has 0 unspecified atom stereocenters. The molecule has 154 valence electrons. The van der Waals surface area contributed by atoms with E-state index in [0.717, 1.165) is 35.2 Å². The van der Waals surface area contributed by atoms with Crippen LogP contribution in [0, 0.1) is 0 Å². The van der Waals surface area contributed by atoms with Crippen LogP contribution in [-0.2, 0) is 24.4 Å². The molecule has 0 atom stereocenters. The lowest BCUT2D eigenvalue weighted by molar-refractivity contribution is -0.118. The average Bonchev–Trinajstić information content (AvgIpc) is 3.37. The van der Waals surface area contributed by atoms with Crippen molar-refractivity contribution >= 4 is 28.6 Å². The van der Waals surface area contributed by atoms with Gasteiger partial charge in [-0.05, 0) is 25.5 Å². The zero-order valence-electron chi connectivity index (χ0n) is 17.2. The fraction of sp³-hybridized carbons (Fsp3) is 0.261. The van der Waals surface area contributed by atoms with Gasteiger partial charge in [0.25, 0.3) is 0 Å². The highest BCUT2D eigenvalue weighted by atomic mass is 32.2. The van der Waals surface area contributed by atoms with Gasteiger partial charge >= 0.3 is 0 Å². The van der Waals surface area contributed by atoms with E-state index in [1.807, 2.05) is 36.4 Å². The summed E-state index contributed by atoms with van der Waals surface area (Å²) in [5.74, 6) is 1.13. The van der Waals surface area contributed by atoms with E-state index >= 15 is 0 Å². The monoisotopic (exact) mass is 419 g/mol. The molecule has 0 aliphatic heterocycles. The number of amides is 1. The molecule has 6 nitrogen and oxygen atoms in total. The number of benzene rings is 2. The Morgan fingerprint density at radius 1 is 1.00 bits per heavy atom. The second-order valence-electron chi connectivity index (χ2n) is 6.95. The number of hydrogen-bond donors (Lipinski definition) is 1. The highest BCUT2D eigenvalue weighted by Gasteiger charge is 2.18. The molecule has 0 aliphatic carbocycles. The third-order valence-corrected chi connectivity index (χ3v) is 6.03. The van der Waals surface area contributed by atoms with Gasteiger partial charge in [0.2, 0.25) is 5.91 Å². The highest BCUT2D eigenvalue weighted by molar-refractivity contribution is 7.99. The first-order valence-corrected chi connectivity index (χ1v) is 11.1. The van der Waals surface area contributed by atoms with Crippen molar-refractivity contribution < 1.29 is 4.79 Å². The molecule has 0 saturated carbocycles. The van der Waals surface area contributed by atoms with Crippen LogP contribution in [0.3, 0.4) is 0 Å². The zero-order valence-corrected chi connectivity index (χ0v) is 18.0. The van der Waals surface area contributed by atoms with Crippen LogP contribution in [0.5, 0.6) is 0 Å². The highest BCUT2D eigenvalue weighted by Crippen LogP contribution is 2.31. The Morgan fingerprint density at radius 2 is 1.77 bits per heavy atom. The van der Waals surface area contributed by atoms with E-state index in [4.69, 9.17) is 0 Å². The number of thioether (sulfide) groups is 1. The predicted octanol–water partition coefficient (Wildman–Crippen LogP) is 4.35.